The van der Waals surface area contributed by atoms with Crippen LogP contribution >= 0.6 is 0 Å². The number of carbonyl (C=O) groups excluding carboxylic acids is 1. The minimum absolute atomic E-state index is 0.161. The van der Waals surface area contributed by atoms with Gasteiger partial charge in [-0.15, -0.1) is 0 Å². The Hall–Kier alpha value is -2.35. The summed E-state index contributed by atoms with van der Waals surface area (Å²) in [5.41, 5.74) is 0.212. The van der Waals surface area contributed by atoms with Gasteiger partial charge < -0.3 is 4.90 Å². The lowest BCUT2D eigenvalue weighted by Gasteiger charge is -2.25. The molecule has 0 aromatic heterocycles. The van der Waals surface area contributed by atoms with Crippen molar-refractivity contribution in [2.45, 2.75) is 30.5 Å². The zero-order valence-electron chi connectivity index (χ0n) is 15.1. The van der Waals surface area contributed by atoms with Crippen LogP contribution in [0, 0.1) is 0 Å². The van der Waals surface area contributed by atoms with Crippen molar-refractivity contribution < 1.29 is 26.4 Å². The number of alkyl halides is 3. The maximum atomic E-state index is 12.8. The molecule has 0 spiro atoms. The fraction of sp³-hybridized carbons (Fsp3) is 0.316. The molecule has 0 heterocycles. The zero-order valence-corrected chi connectivity index (χ0v) is 15.9. The van der Waals surface area contributed by atoms with Crippen LogP contribution in [-0.4, -0.2) is 32.5 Å². The summed E-state index contributed by atoms with van der Waals surface area (Å²) in [7, 11) is -1.75. The average Bonchev–Trinajstić information content (AvgIpc) is 2.59. The van der Waals surface area contributed by atoms with Crippen molar-refractivity contribution in [1.29, 1.82) is 0 Å². The predicted molar refractivity (Wildman–Crippen MR) is 95.9 cm³/mol. The Labute approximate surface area is 156 Å². The van der Waals surface area contributed by atoms with Crippen molar-refractivity contribution >= 4 is 15.7 Å². The number of hydrogen-bond acceptors (Lipinski definition) is 3. The van der Waals surface area contributed by atoms with E-state index in [1.165, 1.54) is 29.2 Å². The minimum Gasteiger partial charge on any atom is -0.339 e. The third-order valence-electron chi connectivity index (χ3n) is 4.37. The third kappa shape index (κ3) is 5.32. The summed E-state index contributed by atoms with van der Waals surface area (Å²) >= 11 is 0. The highest BCUT2D eigenvalue weighted by Gasteiger charge is 2.30. The normalized spacial score (nSPS) is 13.3. The second-order valence-corrected chi connectivity index (χ2v) is 8.41. The van der Waals surface area contributed by atoms with E-state index >= 15 is 0 Å². The van der Waals surface area contributed by atoms with Gasteiger partial charge >= 0.3 is 6.18 Å². The van der Waals surface area contributed by atoms with Gasteiger partial charge in [0.2, 0.25) is 5.91 Å². The first-order chi connectivity index (χ1) is 12.4. The van der Waals surface area contributed by atoms with Crippen molar-refractivity contribution in [2.24, 2.45) is 0 Å². The fourth-order valence-electron chi connectivity index (χ4n) is 2.59. The maximum Gasteiger partial charge on any atom is 0.416 e. The van der Waals surface area contributed by atoms with Gasteiger partial charge in [-0.2, -0.15) is 13.2 Å². The summed E-state index contributed by atoms with van der Waals surface area (Å²) < 4.78 is 61.4. The molecule has 4 nitrogen and oxygen atoms in total. The van der Waals surface area contributed by atoms with Crippen LogP contribution in [0.2, 0.25) is 0 Å². The number of hydrogen-bond donors (Lipinski definition) is 0. The van der Waals surface area contributed by atoms with Gasteiger partial charge in [-0.1, -0.05) is 30.3 Å². The van der Waals surface area contributed by atoms with Crippen molar-refractivity contribution in [2.75, 3.05) is 13.3 Å². The molecule has 8 heteroatoms. The van der Waals surface area contributed by atoms with Gasteiger partial charge in [0.05, 0.1) is 22.9 Å². The van der Waals surface area contributed by atoms with Crippen LogP contribution in [0.5, 0.6) is 0 Å². The Bertz CT molecular complexity index is 922. The summed E-state index contributed by atoms with van der Waals surface area (Å²) in [6.45, 7) is 1.76. The summed E-state index contributed by atoms with van der Waals surface area (Å²) in [5, 5.41) is 0. The number of halogens is 3. The van der Waals surface area contributed by atoms with E-state index in [-0.39, 0.29) is 28.8 Å². The Kier molecular flexibility index (Phi) is 5.99. The van der Waals surface area contributed by atoms with Gasteiger partial charge in [-0.25, -0.2) is 8.42 Å². The van der Waals surface area contributed by atoms with Crippen LogP contribution < -0.4 is 0 Å². The largest absolute Gasteiger partial charge is 0.416 e. The summed E-state index contributed by atoms with van der Waals surface area (Å²) in [5.74, 6) is -0.339. The van der Waals surface area contributed by atoms with Gasteiger partial charge in [0, 0.05) is 13.3 Å². The molecule has 146 valence electrons. The van der Waals surface area contributed by atoms with E-state index in [2.05, 4.69) is 0 Å². The molecule has 0 aliphatic heterocycles. The molecule has 0 bridgehead atoms. The fourth-order valence-corrected chi connectivity index (χ4v) is 3.22. The molecule has 0 saturated heterocycles. The highest BCUT2D eigenvalue weighted by atomic mass is 32.2. The van der Waals surface area contributed by atoms with E-state index < -0.39 is 21.6 Å². The van der Waals surface area contributed by atoms with Crippen LogP contribution in [0.4, 0.5) is 13.2 Å². The van der Waals surface area contributed by atoms with Gasteiger partial charge in [-0.3, -0.25) is 4.79 Å². The van der Waals surface area contributed by atoms with Crippen LogP contribution in [0.3, 0.4) is 0 Å². The number of likely N-dealkylation sites (N-methyl/N-ethyl adjacent to an activating group) is 1. The lowest BCUT2D eigenvalue weighted by molar-refractivity contribution is -0.138. The molecule has 0 fully saturated rings. The number of carbonyl (C=O) groups is 1. The SMILES string of the molecule is CC(c1ccc(S(C)(=O)=O)cc1)N(C)C(=O)Cc1cccc(C(F)(F)F)c1. The topological polar surface area (TPSA) is 54.5 Å². The molecule has 0 aliphatic carbocycles. The number of sulfone groups is 1. The quantitative estimate of drug-likeness (QED) is 0.767. The first kappa shape index (κ1) is 21.0. The number of amides is 1. The van der Waals surface area contributed by atoms with E-state index in [4.69, 9.17) is 0 Å². The average molecular weight is 399 g/mol. The molecule has 0 N–H and O–H groups in total. The summed E-state index contributed by atoms with van der Waals surface area (Å²) in [6.07, 6.45) is -3.51. The first-order valence-electron chi connectivity index (χ1n) is 8.11. The van der Waals surface area contributed by atoms with Crippen molar-refractivity contribution in [3.63, 3.8) is 0 Å². The summed E-state index contributed by atoms with van der Waals surface area (Å²) in [4.78, 5) is 14.1. The van der Waals surface area contributed by atoms with E-state index in [1.807, 2.05) is 0 Å². The van der Waals surface area contributed by atoms with Crippen molar-refractivity contribution in [3.8, 4) is 0 Å². The second-order valence-electron chi connectivity index (χ2n) is 6.40. The Morgan fingerprint density at radius 3 is 2.22 bits per heavy atom. The van der Waals surface area contributed by atoms with Crippen molar-refractivity contribution in [1.82, 2.24) is 4.90 Å². The summed E-state index contributed by atoms with van der Waals surface area (Å²) in [6, 6.07) is 10.5. The smallest absolute Gasteiger partial charge is 0.339 e. The van der Waals surface area contributed by atoms with Gasteiger partial charge in [0.1, 0.15) is 0 Å². The molecule has 1 atom stereocenters. The van der Waals surface area contributed by atoms with Crippen molar-refractivity contribution in [3.05, 3.63) is 65.2 Å². The maximum absolute atomic E-state index is 12.8. The molecule has 1 unspecified atom stereocenters. The lowest BCUT2D eigenvalue weighted by Crippen LogP contribution is -2.31. The van der Waals surface area contributed by atoms with E-state index in [0.29, 0.717) is 0 Å². The van der Waals surface area contributed by atoms with Gasteiger partial charge in [0.25, 0.3) is 0 Å². The van der Waals surface area contributed by atoms with Crippen LogP contribution in [0.15, 0.2) is 53.4 Å². The lowest BCUT2D eigenvalue weighted by atomic mass is 10.0. The standard InChI is InChI=1S/C19H20F3NO3S/c1-13(15-7-9-17(10-8-15)27(3,25)26)23(2)18(24)12-14-5-4-6-16(11-14)19(20,21)22/h4-11,13H,12H2,1-3H3. The predicted octanol–water partition coefficient (Wildman–Crippen LogP) is 3.87. The molecule has 0 aliphatic rings. The van der Waals surface area contributed by atoms with Gasteiger partial charge in [-0.05, 0) is 36.2 Å². The number of rotatable bonds is 5. The highest BCUT2D eigenvalue weighted by molar-refractivity contribution is 7.90. The monoisotopic (exact) mass is 399 g/mol. The molecule has 27 heavy (non-hydrogen) atoms. The molecule has 1 amide bonds. The molecule has 0 saturated carbocycles. The van der Waals surface area contributed by atoms with Crippen LogP contribution in [0.1, 0.15) is 29.7 Å². The number of nitrogens with zero attached hydrogens (tertiary/aromatic N) is 1. The van der Waals surface area contributed by atoms with E-state index in [9.17, 15) is 26.4 Å². The minimum atomic E-state index is -4.46. The Morgan fingerprint density at radius 2 is 1.70 bits per heavy atom. The Morgan fingerprint density at radius 1 is 1.11 bits per heavy atom. The molecule has 2 rings (SSSR count). The van der Waals surface area contributed by atoms with Crippen LogP contribution in [-0.2, 0) is 27.2 Å². The van der Waals surface area contributed by atoms with E-state index in [1.54, 1.807) is 26.1 Å². The van der Waals surface area contributed by atoms with Crippen LogP contribution in [0.25, 0.3) is 0 Å². The first-order valence-corrected chi connectivity index (χ1v) is 10.0. The van der Waals surface area contributed by atoms with E-state index in [0.717, 1.165) is 24.0 Å². The molecule has 2 aromatic carbocycles. The van der Waals surface area contributed by atoms with Gasteiger partial charge in [0.15, 0.2) is 9.84 Å². The second kappa shape index (κ2) is 7.72. The molecule has 0 radical (unpaired) electrons. The number of benzene rings is 2. The molecule has 2 aromatic rings. The molecular formula is C19H20F3NO3S. The highest BCUT2D eigenvalue weighted by Crippen LogP contribution is 2.30. The third-order valence-corrected chi connectivity index (χ3v) is 5.50. The Balaban J connectivity index is 2.13. The molecular weight excluding hydrogens is 379 g/mol. The zero-order chi connectivity index (χ0) is 20.4.